The number of hydrogen-bond donors (Lipinski definition) is 5. The smallest absolute Gasteiger partial charge is 0.359 e. The highest BCUT2D eigenvalue weighted by Crippen LogP contribution is 2.34. The van der Waals surface area contributed by atoms with Crippen LogP contribution in [0.1, 0.15) is 30.4 Å². The lowest BCUT2D eigenvalue weighted by Crippen LogP contribution is -2.42. The molecule has 0 aliphatic heterocycles. The van der Waals surface area contributed by atoms with Gasteiger partial charge in [0.15, 0.2) is 11.6 Å². The molecule has 52 heavy (non-hydrogen) atoms. The number of nitrogens with one attached hydrogen (secondary N) is 3. The number of nitrogens with two attached hydrogens (primary N) is 1. The van der Waals surface area contributed by atoms with Crippen molar-refractivity contribution in [2.75, 3.05) is 32.1 Å². The van der Waals surface area contributed by atoms with E-state index in [1.807, 2.05) is 0 Å². The highest BCUT2D eigenvalue weighted by atomic mass is 35.5. The maximum absolute atomic E-state index is 15.0. The van der Waals surface area contributed by atoms with E-state index in [-0.39, 0.29) is 41.8 Å². The molecule has 2 aromatic heterocycles. The molecule has 1 aliphatic rings. The lowest BCUT2D eigenvalue weighted by atomic mass is 9.93. The van der Waals surface area contributed by atoms with Gasteiger partial charge in [0.25, 0.3) is 0 Å². The number of pyridine rings is 1. The number of fused-ring (bicyclic) bond motifs is 1. The van der Waals surface area contributed by atoms with Gasteiger partial charge in [-0.2, -0.15) is 4.98 Å². The van der Waals surface area contributed by atoms with E-state index < -0.39 is 46.9 Å². The monoisotopic (exact) mass is 740 g/mol. The predicted molar refractivity (Wildman–Crippen MR) is 191 cm³/mol. The molecule has 13 nitrogen and oxygen atoms in total. The number of carboxylic acids is 1. The summed E-state index contributed by atoms with van der Waals surface area (Å²) in [5.41, 5.74) is 5.65. The quantitative estimate of drug-likeness (QED) is 0.0706. The lowest BCUT2D eigenvalue weighted by Gasteiger charge is -2.24. The summed E-state index contributed by atoms with van der Waals surface area (Å²) in [6.45, 7) is 2.97. The Morgan fingerprint density at radius 3 is 2.60 bits per heavy atom. The van der Waals surface area contributed by atoms with E-state index in [4.69, 9.17) is 27.5 Å². The van der Waals surface area contributed by atoms with Crippen LogP contribution in [0.25, 0.3) is 16.5 Å². The van der Waals surface area contributed by atoms with Gasteiger partial charge in [0.1, 0.15) is 5.82 Å². The number of benzene rings is 2. The zero-order valence-corrected chi connectivity index (χ0v) is 28.8. The Morgan fingerprint density at radius 2 is 1.88 bits per heavy atom. The minimum absolute atomic E-state index is 0.0111. The molecular weight excluding hydrogens is 705 g/mol. The van der Waals surface area contributed by atoms with Crippen molar-refractivity contribution in [3.8, 4) is 5.69 Å². The van der Waals surface area contributed by atoms with Crippen molar-refractivity contribution in [1.29, 1.82) is 5.41 Å². The molecule has 0 saturated heterocycles. The fraction of sp³-hybridized carbons (Fsp3) is 0.257. The maximum Gasteiger partial charge on any atom is 0.359 e. The molecule has 2 heterocycles. The van der Waals surface area contributed by atoms with Crippen molar-refractivity contribution in [3.63, 3.8) is 0 Å². The number of anilines is 1. The topological polar surface area (TPSA) is 190 Å². The Balaban J connectivity index is 0.00000297. The molecule has 0 fully saturated rings. The van der Waals surface area contributed by atoms with Crippen molar-refractivity contribution < 1.29 is 27.8 Å². The summed E-state index contributed by atoms with van der Waals surface area (Å²) in [6.07, 6.45) is 6.81. The van der Waals surface area contributed by atoms with Gasteiger partial charge in [0.2, 0.25) is 5.95 Å². The van der Waals surface area contributed by atoms with Gasteiger partial charge in [0.05, 0.1) is 35.8 Å². The molecule has 0 saturated carbocycles. The number of hydrogen-bond acceptors (Lipinski definition) is 10. The molecule has 0 atom stereocenters. The van der Waals surface area contributed by atoms with Gasteiger partial charge in [0, 0.05) is 54.9 Å². The minimum Gasteiger partial charge on any atom is -0.481 e. The molecule has 0 spiro atoms. The molecule has 0 amide bonds. The fourth-order valence-corrected chi connectivity index (χ4v) is 5.85. The molecule has 2 aromatic carbocycles. The van der Waals surface area contributed by atoms with Crippen molar-refractivity contribution in [2.24, 2.45) is 5.73 Å². The lowest BCUT2D eigenvalue weighted by molar-refractivity contribution is -0.136. The van der Waals surface area contributed by atoms with E-state index in [1.165, 1.54) is 12.4 Å². The molecule has 1 aliphatic carbocycles. The molecule has 0 bridgehead atoms. The van der Waals surface area contributed by atoms with Gasteiger partial charge in [-0.15, -0.1) is 0 Å². The van der Waals surface area contributed by atoms with Gasteiger partial charge in [-0.25, -0.2) is 27.3 Å². The summed E-state index contributed by atoms with van der Waals surface area (Å²) in [6, 6.07) is 5.99. The van der Waals surface area contributed by atoms with Crippen LogP contribution in [-0.2, 0) is 22.5 Å². The SMILES string of the molecule is C=N.COCCN/C=C1\CC=C(Cl)C(Nc2nc(=O)n(-c3cncc4cccc(CCC(=O)O)c34)c(=O)n2Cc2cc(F)c(F)cc2F)=C1CCN. The first-order valence-electron chi connectivity index (χ1n) is 15.8. The van der Waals surface area contributed by atoms with Gasteiger partial charge in [-0.1, -0.05) is 35.9 Å². The molecular formula is C35H36ClF3N8O5. The maximum atomic E-state index is 15.0. The number of carboxylic acid groups (broad SMARTS) is 1. The number of methoxy groups -OCH3 is 1. The van der Waals surface area contributed by atoms with E-state index in [1.54, 1.807) is 37.6 Å². The third kappa shape index (κ3) is 8.82. The Bertz CT molecular complexity index is 2180. The van der Waals surface area contributed by atoms with Gasteiger partial charge >= 0.3 is 17.3 Å². The van der Waals surface area contributed by atoms with Gasteiger partial charge in [-0.05, 0) is 55.3 Å². The summed E-state index contributed by atoms with van der Waals surface area (Å²) in [4.78, 5) is 48.0. The van der Waals surface area contributed by atoms with E-state index in [0.29, 0.717) is 64.6 Å². The molecule has 5 rings (SSSR count). The van der Waals surface area contributed by atoms with Crippen molar-refractivity contribution in [3.05, 3.63) is 126 Å². The zero-order valence-electron chi connectivity index (χ0n) is 28.0. The number of aryl methyl sites for hydroxylation is 1. The molecule has 274 valence electrons. The molecule has 6 N–H and O–H groups in total. The normalized spacial score (nSPS) is 13.5. The number of ether oxygens (including phenoxy) is 1. The number of aliphatic carboxylic acids is 1. The van der Waals surface area contributed by atoms with Crippen LogP contribution in [0.5, 0.6) is 0 Å². The van der Waals surface area contributed by atoms with Gasteiger partial charge in [-0.3, -0.25) is 14.3 Å². The van der Waals surface area contributed by atoms with Crippen molar-refractivity contribution in [2.45, 2.75) is 32.2 Å². The third-order valence-electron chi connectivity index (χ3n) is 7.97. The average Bonchev–Trinajstić information content (AvgIpc) is 3.12. The highest BCUT2D eigenvalue weighted by molar-refractivity contribution is 6.32. The molecule has 17 heteroatoms. The second-order valence-corrected chi connectivity index (χ2v) is 11.6. The van der Waals surface area contributed by atoms with Crippen LogP contribution in [0, 0.1) is 22.9 Å². The molecule has 0 unspecified atom stereocenters. The summed E-state index contributed by atoms with van der Waals surface area (Å²) in [5, 5.41) is 22.0. The van der Waals surface area contributed by atoms with E-state index in [2.05, 4.69) is 27.3 Å². The van der Waals surface area contributed by atoms with E-state index in [9.17, 15) is 28.3 Å². The largest absolute Gasteiger partial charge is 0.481 e. The Hall–Kier alpha value is -5.58. The van der Waals surface area contributed by atoms with Crippen LogP contribution >= 0.6 is 11.6 Å². The third-order valence-corrected chi connectivity index (χ3v) is 8.32. The van der Waals surface area contributed by atoms with E-state index in [0.717, 1.165) is 10.1 Å². The van der Waals surface area contributed by atoms with Crippen LogP contribution in [0.3, 0.4) is 0 Å². The average molecular weight is 741 g/mol. The number of aromatic nitrogens is 4. The van der Waals surface area contributed by atoms with Crippen LogP contribution in [0.2, 0.25) is 0 Å². The first-order valence-corrected chi connectivity index (χ1v) is 16.2. The zero-order chi connectivity index (χ0) is 37.9. The number of allylic oxidation sites excluding steroid dienone is 3. The van der Waals surface area contributed by atoms with Crippen LogP contribution in [0.4, 0.5) is 19.1 Å². The van der Waals surface area contributed by atoms with E-state index >= 15 is 4.39 Å². The first-order chi connectivity index (χ1) is 25.0. The number of halogens is 4. The number of rotatable bonds is 14. The first kappa shape index (κ1) is 39.2. The van der Waals surface area contributed by atoms with Gasteiger partial charge < -0.3 is 31.6 Å². The fourth-order valence-electron chi connectivity index (χ4n) is 5.61. The Kier molecular flexibility index (Phi) is 13.6. The predicted octanol–water partition coefficient (Wildman–Crippen LogP) is 4.35. The molecule has 0 radical (unpaired) electrons. The summed E-state index contributed by atoms with van der Waals surface area (Å²) < 4.78 is 49.9. The second-order valence-electron chi connectivity index (χ2n) is 11.2. The minimum atomic E-state index is -1.43. The van der Waals surface area contributed by atoms with Crippen molar-refractivity contribution >= 4 is 41.0 Å². The summed E-state index contributed by atoms with van der Waals surface area (Å²) >= 11 is 6.66. The van der Waals surface area contributed by atoms with Crippen LogP contribution < -0.4 is 27.7 Å². The molecule has 4 aromatic rings. The Labute approximate surface area is 300 Å². The second kappa shape index (κ2) is 18.1. The Morgan fingerprint density at radius 1 is 1.13 bits per heavy atom. The van der Waals surface area contributed by atoms with Crippen LogP contribution in [0.15, 0.2) is 86.5 Å². The van der Waals surface area contributed by atoms with Crippen LogP contribution in [-0.4, -0.2) is 63.7 Å². The standard InChI is InChI=1S/C34H33ClF3N7O5.CH3N/c1-50-12-11-40-15-20-5-7-24(35)31(23(20)9-10-39)42-32-43-33(48)45(34(49)44(32)18-22-13-26(37)27(38)14-25(22)36)28-17-41-16-21-4-2-3-19(30(21)28)6-8-29(46)47;1-2/h2-4,7,13-17,40H,5-6,8-12,18,39H2,1H3,(H,46,47)(H,42,43,48);2H,1H2/b20-15+;. The summed E-state index contributed by atoms with van der Waals surface area (Å²) in [7, 11) is 1.57. The number of carbonyl (C=O) groups is 1. The number of nitrogens with zero attached hydrogens (tertiary/aromatic N) is 4. The summed E-state index contributed by atoms with van der Waals surface area (Å²) in [5.74, 6) is -5.35. The highest BCUT2D eigenvalue weighted by Gasteiger charge is 2.24. The van der Waals surface area contributed by atoms with Crippen molar-refractivity contribution in [1.82, 2.24) is 24.4 Å².